The van der Waals surface area contributed by atoms with Crippen molar-refractivity contribution in [3.63, 3.8) is 0 Å². The van der Waals surface area contributed by atoms with Crippen molar-refractivity contribution >= 4 is 27.9 Å². The van der Waals surface area contributed by atoms with Gasteiger partial charge in [0.05, 0.1) is 6.61 Å². The first-order valence-corrected chi connectivity index (χ1v) is 11.9. The molecule has 1 N–H and O–H groups in total. The molecule has 3 rings (SSSR count). The molecular formula is C20H30N4O5S. The van der Waals surface area contributed by atoms with Crippen molar-refractivity contribution < 1.29 is 22.7 Å². The molecular weight excluding hydrogens is 408 g/mol. The molecule has 2 aliphatic rings. The normalized spacial score (nSPS) is 21.9. The number of carbonyl (C=O) groups is 2. The molecule has 2 saturated heterocycles. The fourth-order valence-electron chi connectivity index (χ4n) is 3.99. The van der Waals surface area contributed by atoms with Crippen LogP contribution in [0, 0.1) is 12.8 Å². The molecule has 2 aliphatic heterocycles. The standard InChI is InChI=1S/C20H30N4O5S/c1-3-29-20(26)17-6-4-5-11-24(17)30(27,28)23-12-8-16(9-13-23)19(25)22-18-14-15(2)7-10-21-18/h7,10,14,16-17H,3-6,8-9,11-13H2,1-2H3,(H,21,22,25)/t17-/m1/s1. The van der Waals surface area contributed by atoms with E-state index in [4.69, 9.17) is 4.74 Å². The van der Waals surface area contributed by atoms with Gasteiger partial charge < -0.3 is 10.1 Å². The molecule has 0 aliphatic carbocycles. The fraction of sp³-hybridized carbons (Fsp3) is 0.650. The van der Waals surface area contributed by atoms with Crippen molar-refractivity contribution in [2.24, 2.45) is 5.92 Å². The number of amides is 1. The molecule has 1 amide bonds. The number of carbonyl (C=O) groups excluding carboxylic acids is 2. The highest BCUT2D eigenvalue weighted by molar-refractivity contribution is 7.86. The Hall–Kier alpha value is -2.04. The van der Waals surface area contributed by atoms with E-state index in [0.29, 0.717) is 31.6 Å². The Morgan fingerprint density at radius 1 is 1.20 bits per heavy atom. The summed E-state index contributed by atoms with van der Waals surface area (Å²) in [6, 6.07) is 2.88. The number of pyridine rings is 1. The van der Waals surface area contributed by atoms with E-state index in [0.717, 1.165) is 18.4 Å². The van der Waals surface area contributed by atoms with E-state index in [1.807, 2.05) is 13.0 Å². The minimum absolute atomic E-state index is 0.146. The Bertz CT molecular complexity index is 868. The lowest BCUT2D eigenvalue weighted by Gasteiger charge is -2.38. The third-order valence-corrected chi connectivity index (χ3v) is 7.67. The van der Waals surface area contributed by atoms with Gasteiger partial charge in [0.2, 0.25) is 5.91 Å². The van der Waals surface area contributed by atoms with Crippen LogP contribution in [-0.4, -0.2) is 66.2 Å². The van der Waals surface area contributed by atoms with Gasteiger partial charge in [-0.2, -0.15) is 17.0 Å². The molecule has 166 valence electrons. The van der Waals surface area contributed by atoms with Gasteiger partial charge in [-0.25, -0.2) is 4.98 Å². The van der Waals surface area contributed by atoms with Crippen LogP contribution in [0.25, 0.3) is 0 Å². The molecule has 9 nitrogen and oxygen atoms in total. The highest BCUT2D eigenvalue weighted by atomic mass is 32.2. The van der Waals surface area contributed by atoms with E-state index in [9.17, 15) is 18.0 Å². The summed E-state index contributed by atoms with van der Waals surface area (Å²) in [6.45, 7) is 4.65. The van der Waals surface area contributed by atoms with Gasteiger partial charge in [-0.1, -0.05) is 0 Å². The predicted octanol–water partition coefficient (Wildman–Crippen LogP) is 1.70. The predicted molar refractivity (Wildman–Crippen MR) is 112 cm³/mol. The molecule has 1 aromatic rings. The lowest BCUT2D eigenvalue weighted by atomic mass is 9.97. The number of esters is 1. The largest absolute Gasteiger partial charge is 0.465 e. The van der Waals surface area contributed by atoms with E-state index < -0.39 is 22.2 Å². The van der Waals surface area contributed by atoms with E-state index in [1.54, 1.807) is 19.2 Å². The zero-order chi connectivity index (χ0) is 21.7. The van der Waals surface area contributed by atoms with Gasteiger partial charge in [0, 0.05) is 31.7 Å². The Labute approximate surface area is 178 Å². The van der Waals surface area contributed by atoms with Crippen LogP contribution in [-0.2, 0) is 24.5 Å². The Morgan fingerprint density at radius 3 is 2.60 bits per heavy atom. The summed E-state index contributed by atoms with van der Waals surface area (Å²) in [4.78, 5) is 29.0. The second-order valence-electron chi connectivity index (χ2n) is 7.76. The number of piperidine rings is 2. The molecule has 10 heteroatoms. The van der Waals surface area contributed by atoms with Crippen LogP contribution in [0.3, 0.4) is 0 Å². The maximum Gasteiger partial charge on any atom is 0.324 e. The van der Waals surface area contributed by atoms with Crippen molar-refractivity contribution in [2.45, 2.75) is 52.0 Å². The number of hydrogen-bond donors (Lipinski definition) is 1. The molecule has 0 saturated carbocycles. The number of nitrogens with zero attached hydrogens (tertiary/aromatic N) is 3. The van der Waals surface area contributed by atoms with Crippen molar-refractivity contribution in [1.29, 1.82) is 0 Å². The van der Waals surface area contributed by atoms with Crippen LogP contribution in [0.2, 0.25) is 0 Å². The Kier molecular flexibility index (Phi) is 7.43. The van der Waals surface area contributed by atoms with Gasteiger partial charge in [0.15, 0.2) is 0 Å². The van der Waals surface area contributed by atoms with Crippen molar-refractivity contribution in [3.05, 3.63) is 23.9 Å². The molecule has 1 aromatic heterocycles. The van der Waals surface area contributed by atoms with E-state index in [2.05, 4.69) is 10.3 Å². The second-order valence-corrected chi connectivity index (χ2v) is 9.64. The summed E-state index contributed by atoms with van der Waals surface area (Å²) in [7, 11) is -3.79. The third kappa shape index (κ3) is 5.16. The molecule has 30 heavy (non-hydrogen) atoms. The smallest absolute Gasteiger partial charge is 0.324 e. The molecule has 0 bridgehead atoms. The highest BCUT2D eigenvalue weighted by Gasteiger charge is 2.42. The first kappa shape index (κ1) is 22.6. The number of aryl methyl sites for hydroxylation is 1. The van der Waals surface area contributed by atoms with Gasteiger partial charge in [0.25, 0.3) is 10.2 Å². The minimum atomic E-state index is -3.79. The molecule has 0 aromatic carbocycles. The Balaban J connectivity index is 1.61. The first-order chi connectivity index (χ1) is 14.3. The van der Waals surface area contributed by atoms with Crippen molar-refractivity contribution in [1.82, 2.24) is 13.6 Å². The molecule has 0 spiro atoms. The fourth-order valence-corrected chi connectivity index (χ4v) is 5.83. The maximum absolute atomic E-state index is 13.2. The Morgan fingerprint density at radius 2 is 1.93 bits per heavy atom. The number of anilines is 1. The highest BCUT2D eigenvalue weighted by Crippen LogP contribution is 2.27. The maximum atomic E-state index is 13.2. The average Bonchev–Trinajstić information content (AvgIpc) is 2.74. The number of nitrogens with one attached hydrogen (secondary N) is 1. The van der Waals surface area contributed by atoms with Gasteiger partial charge in [-0.05, 0) is 63.6 Å². The summed E-state index contributed by atoms with van der Waals surface area (Å²) in [6.07, 6.45) is 4.48. The second kappa shape index (κ2) is 9.84. The summed E-state index contributed by atoms with van der Waals surface area (Å²) >= 11 is 0. The molecule has 0 unspecified atom stereocenters. The van der Waals surface area contributed by atoms with Gasteiger partial charge in [0.1, 0.15) is 11.9 Å². The number of hydrogen-bond acceptors (Lipinski definition) is 6. The van der Waals surface area contributed by atoms with Gasteiger partial charge in [-0.15, -0.1) is 0 Å². The van der Waals surface area contributed by atoms with Crippen LogP contribution in [0.4, 0.5) is 5.82 Å². The van der Waals surface area contributed by atoms with Crippen molar-refractivity contribution in [3.8, 4) is 0 Å². The molecule has 2 fully saturated rings. The molecule has 1 atom stereocenters. The summed E-state index contributed by atoms with van der Waals surface area (Å²) in [5.74, 6) is -0.408. The van der Waals surface area contributed by atoms with Gasteiger partial charge >= 0.3 is 5.97 Å². The van der Waals surface area contributed by atoms with E-state index >= 15 is 0 Å². The zero-order valence-corrected chi connectivity index (χ0v) is 18.4. The summed E-state index contributed by atoms with van der Waals surface area (Å²) in [5, 5.41) is 2.82. The number of ether oxygens (including phenoxy) is 1. The monoisotopic (exact) mass is 438 g/mol. The molecule has 3 heterocycles. The summed E-state index contributed by atoms with van der Waals surface area (Å²) in [5.41, 5.74) is 0.999. The lowest BCUT2D eigenvalue weighted by molar-refractivity contribution is -0.148. The zero-order valence-electron chi connectivity index (χ0n) is 17.5. The topological polar surface area (TPSA) is 109 Å². The number of aromatic nitrogens is 1. The van der Waals surface area contributed by atoms with Crippen LogP contribution in [0.5, 0.6) is 0 Å². The minimum Gasteiger partial charge on any atom is -0.465 e. The quantitative estimate of drug-likeness (QED) is 0.677. The van der Waals surface area contributed by atoms with Crippen LogP contribution >= 0.6 is 0 Å². The third-order valence-electron chi connectivity index (χ3n) is 5.63. The summed E-state index contributed by atoms with van der Waals surface area (Å²) < 4.78 is 34.2. The van der Waals surface area contributed by atoms with Crippen LogP contribution in [0.15, 0.2) is 18.3 Å². The van der Waals surface area contributed by atoms with Crippen molar-refractivity contribution in [2.75, 3.05) is 31.6 Å². The average molecular weight is 439 g/mol. The SMILES string of the molecule is CCOC(=O)[C@H]1CCCCN1S(=O)(=O)N1CCC(C(=O)Nc2cc(C)ccn2)CC1. The first-order valence-electron chi connectivity index (χ1n) is 10.5. The van der Waals surface area contributed by atoms with E-state index in [-0.39, 0.29) is 31.5 Å². The molecule has 0 radical (unpaired) electrons. The lowest BCUT2D eigenvalue weighted by Crippen LogP contribution is -2.55. The van der Waals surface area contributed by atoms with Gasteiger partial charge in [-0.3, -0.25) is 9.59 Å². The van der Waals surface area contributed by atoms with E-state index in [1.165, 1.54) is 8.61 Å². The van der Waals surface area contributed by atoms with Crippen LogP contribution < -0.4 is 5.32 Å². The number of rotatable bonds is 6. The van der Waals surface area contributed by atoms with Crippen LogP contribution in [0.1, 0.15) is 44.6 Å².